The van der Waals surface area contributed by atoms with Gasteiger partial charge in [-0.25, -0.2) is 0 Å². The molecule has 0 aromatic carbocycles. The fraction of sp³-hybridized carbons (Fsp3) is 0.929. The van der Waals surface area contributed by atoms with E-state index in [1.807, 2.05) is 0 Å². The lowest BCUT2D eigenvalue weighted by molar-refractivity contribution is 0.202. The number of rotatable bonds is 8. The van der Waals surface area contributed by atoms with Crippen molar-refractivity contribution < 1.29 is 0 Å². The summed E-state index contributed by atoms with van der Waals surface area (Å²) in [6, 6.07) is 0. The van der Waals surface area contributed by atoms with Crippen LogP contribution in [0.25, 0.3) is 0 Å². The average Bonchev–Trinajstić information content (AvgIpc) is 2.18. The molecule has 0 radical (unpaired) electrons. The van der Waals surface area contributed by atoms with E-state index in [4.69, 9.17) is 11.1 Å². The highest BCUT2D eigenvalue weighted by Crippen LogP contribution is 2.27. The zero-order valence-corrected chi connectivity index (χ0v) is 11.8. The van der Waals surface area contributed by atoms with Crippen LogP contribution in [0.3, 0.4) is 0 Å². The van der Waals surface area contributed by atoms with Crippen LogP contribution in [0.4, 0.5) is 0 Å². The molecular formula is C14H29N3. The summed E-state index contributed by atoms with van der Waals surface area (Å²) < 4.78 is 0. The molecule has 3 heteroatoms. The Bertz CT molecular complexity index is 244. The molecule has 100 valence electrons. The lowest BCUT2D eigenvalue weighted by Gasteiger charge is -2.30. The fourth-order valence-electron chi connectivity index (χ4n) is 2.29. The number of nitrogens with two attached hydrogens (primary N) is 1. The van der Waals surface area contributed by atoms with Crippen LogP contribution in [-0.4, -0.2) is 30.9 Å². The molecule has 0 bridgehead atoms. The summed E-state index contributed by atoms with van der Waals surface area (Å²) in [5.41, 5.74) is 5.46. The highest BCUT2D eigenvalue weighted by atomic mass is 15.1. The van der Waals surface area contributed by atoms with Crippen LogP contribution in [0.15, 0.2) is 0 Å². The monoisotopic (exact) mass is 239 g/mol. The van der Waals surface area contributed by atoms with E-state index in [1.54, 1.807) is 0 Å². The maximum absolute atomic E-state index is 7.51. The van der Waals surface area contributed by atoms with Crippen LogP contribution in [0.2, 0.25) is 0 Å². The second kappa shape index (κ2) is 6.39. The number of hydrogen-bond donors (Lipinski definition) is 2. The minimum absolute atomic E-state index is 0.119. The number of unbranched alkanes of at least 4 members (excludes halogenated alkanes) is 1. The van der Waals surface area contributed by atoms with Crippen LogP contribution in [0.5, 0.6) is 0 Å². The SMILES string of the molecule is CN(CCCCC(C)(C)C(=N)N)CC1CCC1. The van der Waals surface area contributed by atoms with Gasteiger partial charge in [-0.3, -0.25) is 5.41 Å². The predicted molar refractivity (Wildman–Crippen MR) is 74.4 cm³/mol. The molecule has 3 N–H and O–H groups in total. The number of amidine groups is 1. The quantitative estimate of drug-likeness (QED) is 0.389. The second-order valence-corrected chi connectivity index (χ2v) is 6.31. The third kappa shape index (κ3) is 5.07. The van der Waals surface area contributed by atoms with Crippen molar-refractivity contribution in [2.24, 2.45) is 17.1 Å². The summed E-state index contributed by atoms with van der Waals surface area (Å²) in [5.74, 6) is 1.29. The van der Waals surface area contributed by atoms with Gasteiger partial charge < -0.3 is 10.6 Å². The zero-order valence-electron chi connectivity index (χ0n) is 11.8. The molecule has 0 aromatic rings. The lowest BCUT2D eigenvalue weighted by Crippen LogP contribution is -2.32. The van der Waals surface area contributed by atoms with Crippen LogP contribution in [0.1, 0.15) is 52.4 Å². The lowest BCUT2D eigenvalue weighted by atomic mass is 9.85. The molecule has 17 heavy (non-hydrogen) atoms. The Labute approximate surface area is 106 Å². The fourth-order valence-corrected chi connectivity index (χ4v) is 2.29. The molecule has 1 aliphatic carbocycles. The Kier molecular flexibility index (Phi) is 5.44. The van der Waals surface area contributed by atoms with Gasteiger partial charge in [-0.2, -0.15) is 0 Å². The van der Waals surface area contributed by atoms with Gasteiger partial charge >= 0.3 is 0 Å². The van der Waals surface area contributed by atoms with Crippen molar-refractivity contribution in [1.29, 1.82) is 5.41 Å². The molecule has 1 fully saturated rings. The molecule has 0 saturated heterocycles. The van der Waals surface area contributed by atoms with E-state index in [0.29, 0.717) is 5.84 Å². The Balaban J connectivity index is 2.04. The molecular weight excluding hydrogens is 210 g/mol. The summed E-state index contributed by atoms with van der Waals surface area (Å²) in [4.78, 5) is 2.46. The molecule has 0 atom stereocenters. The van der Waals surface area contributed by atoms with Gasteiger partial charge in [-0.1, -0.05) is 26.7 Å². The summed E-state index contributed by atoms with van der Waals surface area (Å²) in [5, 5.41) is 7.51. The first-order valence-electron chi connectivity index (χ1n) is 6.95. The third-order valence-electron chi connectivity index (χ3n) is 4.12. The molecule has 0 spiro atoms. The van der Waals surface area contributed by atoms with Crippen molar-refractivity contribution >= 4 is 5.84 Å². The maximum atomic E-state index is 7.51. The smallest absolute Gasteiger partial charge is 0.0963 e. The van der Waals surface area contributed by atoms with Crippen LogP contribution in [0, 0.1) is 16.7 Å². The van der Waals surface area contributed by atoms with E-state index in [1.165, 1.54) is 45.2 Å². The molecule has 0 aliphatic heterocycles. The molecule has 1 saturated carbocycles. The van der Waals surface area contributed by atoms with E-state index in [0.717, 1.165) is 12.3 Å². The first-order valence-corrected chi connectivity index (χ1v) is 6.95. The number of hydrogen-bond acceptors (Lipinski definition) is 2. The van der Waals surface area contributed by atoms with E-state index in [-0.39, 0.29) is 5.41 Å². The van der Waals surface area contributed by atoms with Crippen LogP contribution >= 0.6 is 0 Å². The Morgan fingerprint density at radius 2 is 2.00 bits per heavy atom. The Morgan fingerprint density at radius 1 is 1.35 bits per heavy atom. The van der Waals surface area contributed by atoms with Gasteiger partial charge in [-0.05, 0) is 45.2 Å². The van der Waals surface area contributed by atoms with Crippen molar-refractivity contribution in [2.45, 2.75) is 52.4 Å². The molecule has 0 aromatic heterocycles. The summed E-state index contributed by atoms with van der Waals surface area (Å²) in [7, 11) is 2.23. The molecule has 1 aliphatic rings. The zero-order chi connectivity index (χ0) is 12.9. The molecule has 0 unspecified atom stereocenters. The highest BCUT2D eigenvalue weighted by Gasteiger charge is 2.21. The van der Waals surface area contributed by atoms with Crippen molar-refractivity contribution in [1.82, 2.24) is 4.90 Å². The minimum atomic E-state index is -0.119. The van der Waals surface area contributed by atoms with Crippen molar-refractivity contribution in [3.63, 3.8) is 0 Å². The predicted octanol–water partition coefficient (Wildman–Crippen LogP) is 2.85. The van der Waals surface area contributed by atoms with Crippen molar-refractivity contribution in [2.75, 3.05) is 20.1 Å². The largest absolute Gasteiger partial charge is 0.387 e. The van der Waals surface area contributed by atoms with E-state index < -0.39 is 0 Å². The topological polar surface area (TPSA) is 53.1 Å². The first kappa shape index (κ1) is 14.5. The Morgan fingerprint density at radius 3 is 2.47 bits per heavy atom. The van der Waals surface area contributed by atoms with Gasteiger partial charge in [0.2, 0.25) is 0 Å². The first-order chi connectivity index (χ1) is 7.92. The average molecular weight is 239 g/mol. The van der Waals surface area contributed by atoms with E-state index in [2.05, 4.69) is 25.8 Å². The van der Waals surface area contributed by atoms with Gasteiger partial charge in [0.15, 0.2) is 0 Å². The summed E-state index contributed by atoms with van der Waals surface area (Å²) in [6.07, 6.45) is 7.72. The van der Waals surface area contributed by atoms with Crippen molar-refractivity contribution in [3.05, 3.63) is 0 Å². The van der Waals surface area contributed by atoms with Gasteiger partial charge in [0.1, 0.15) is 0 Å². The molecule has 3 nitrogen and oxygen atoms in total. The minimum Gasteiger partial charge on any atom is -0.387 e. The maximum Gasteiger partial charge on any atom is 0.0963 e. The second-order valence-electron chi connectivity index (χ2n) is 6.31. The summed E-state index contributed by atoms with van der Waals surface area (Å²) in [6.45, 7) is 6.58. The van der Waals surface area contributed by atoms with E-state index >= 15 is 0 Å². The highest BCUT2D eigenvalue weighted by molar-refractivity contribution is 5.82. The normalized spacial score (nSPS) is 17.2. The number of nitrogens with one attached hydrogen (secondary N) is 1. The van der Waals surface area contributed by atoms with Gasteiger partial charge in [0.25, 0.3) is 0 Å². The van der Waals surface area contributed by atoms with E-state index in [9.17, 15) is 0 Å². The standard InChI is InChI=1S/C14H29N3/c1-14(2,13(15)16)9-4-5-10-17(3)11-12-7-6-8-12/h12H,4-11H2,1-3H3,(H3,15,16). The molecule has 1 rings (SSSR count). The van der Waals surface area contributed by atoms with Crippen molar-refractivity contribution in [3.8, 4) is 0 Å². The summed E-state index contributed by atoms with van der Waals surface area (Å²) >= 11 is 0. The van der Waals surface area contributed by atoms with Gasteiger partial charge in [-0.15, -0.1) is 0 Å². The van der Waals surface area contributed by atoms with Crippen LogP contribution < -0.4 is 5.73 Å². The van der Waals surface area contributed by atoms with Crippen LogP contribution in [-0.2, 0) is 0 Å². The third-order valence-corrected chi connectivity index (χ3v) is 4.12. The molecule has 0 heterocycles. The molecule has 0 amide bonds. The Hall–Kier alpha value is -0.570. The number of nitrogens with zero attached hydrogens (tertiary/aromatic N) is 1. The van der Waals surface area contributed by atoms with Gasteiger partial charge in [0.05, 0.1) is 5.84 Å². The van der Waals surface area contributed by atoms with Gasteiger partial charge in [0, 0.05) is 12.0 Å².